The van der Waals surface area contributed by atoms with E-state index in [-0.39, 0.29) is 37.4 Å². The van der Waals surface area contributed by atoms with E-state index < -0.39 is 0 Å². The highest BCUT2D eigenvalue weighted by Gasteiger charge is 2.28. The average molecular weight is 293 g/mol. The Hall–Kier alpha value is -2.31. The van der Waals surface area contributed by atoms with Crippen molar-refractivity contribution in [2.45, 2.75) is 25.9 Å². The minimum atomic E-state index is -0.197. The van der Waals surface area contributed by atoms with E-state index in [1.165, 1.54) is 7.11 Å². The molecule has 7 heteroatoms. The highest BCUT2D eigenvalue weighted by Crippen LogP contribution is 2.30. The fourth-order valence-electron chi connectivity index (χ4n) is 2.34. The van der Waals surface area contributed by atoms with E-state index in [9.17, 15) is 9.59 Å². The number of amides is 2. The fraction of sp³-hybridized carbons (Fsp3) is 0.500. The Morgan fingerprint density at radius 3 is 2.81 bits per heavy atom. The maximum absolute atomic E-state index is 12.1. The summed E-state index contributed by atoms with van der Waals surface area (Å²) in [5.74, 6) is 0.805. The van der Waals surface area contributed by atoms with Gasteiger partial charge < -0.3 is 19.7 Å². The third-order valence-corrected chi connectivity index (χ3v) is 3.46. The van der Waals surface area contributed by atoms with Crippen molar-refractivity contribution in [1.82, 2.24) is 15.2 Å². The Bertz CT molecular complexity index is 547. The second-order valence-electron chi connectivity index (χ2n) is 4.84. The molecule has 1 saturated heterocycles. The van der Waals surface area contributed by atoms with Crippen molar-refractivity contribution in [3.05, 3.63) is 18.0 Å². The van der Waals surface area contributed by atoms with Crippen LogP contribution in [0.15, 0.2) is 12.3 Å². The van der Waals surface area contributed by atoms with Crippen molar-refractivity contribution in [2.75, 3.05) is 20.8 Å². The number of aromatic nitrogens is 1. The molecule has 1 fully saturated rings. The molecule has 2 rings (SSSR count). The minimum Gasteiger partial charge on any atom is -0.493 e. The zero-order chi connectivity index (χ0) is 15.4. The summed E-state index contributed by atoms with van der Waals surface area (Å²) in [7, 11) is 3.08. The minimum absolute atomic E-state index is 0.00938. The molecular weight excluding hydrogens is 274 g/mol. The Labute approximate surface area is 123 Å². The predicted octanol–water partition coefficient (Wildman–Crippen LogP) is 0.336. The third-order valence-electron chi connectivity index (χ3n) is 3.46. The van der Waals surface area contributed by atoms with Gasteiger partial charge in [0.05, 0.1) is 27.3 Å². The molecule has 114 valence electrons. The third kappa shape index (κ3) is 3.24. The monoisotopic (exact) mass is 293 g/mol. The van der Waals surface area contributed by atoms with Crippen LogP contribution in [0.1, 0.15) is 19.0 Å². The lowest BCUT2D eigenvalue weighted by Gasteiger charge is -2.26. The van der Waals surface area contributed by atoms with Gasteiger partial charge in [0, 0.05) is 24.7 Å². The number of pyridine rings is 1. The van der Waals surface area contributed by atoms with Gasteiger partial charge in [-0.1, -0.05) is 0 Å². The Balaban J connectivity index is 2.27. The smallest absolute Gasteiger partial charge is 0.242 e. The van der Waals surface area contributed by atoms with Gasteiger partial charge >= 0.3 is 0 Å². The Kier molecular flexibility index (Phi) is 4.62. The van der Waals surface area contributed by atoms with Crippen molar-refractivity contribution >= 4 is 11.8 Å². The molecule has 0 radical (unpaired) electrons. The molecular formula is C14H19N3O4. The standard InChI is InChI=1S/C14H19N3O4/c1-9-6-12(18)16-7-13(19)17(9)8-10-14(21-3)11(20-2)4-5-15-10/h4-5,9H,6-8H2,1-3H3,(H,16,18). The predicted molar refractivity (Wildman–Crippen MR) is 75.0 cm³/mol. The number of carbonyl (C=O) groups is 2. The Morgan fingerprint density at radius 2 is 2.14 bits per heavy atom. The molecule has 0 spiro atoms. The molecule has 1 N–H and O–H groups in total. The fourth-order valence-corrected chi connectivity index (χ4v) is 2.34. The maximum atomic E-state index is 12.1. The molecule has 1 atom stereocenters. The van der Waals surface area contributed by atoms with Crippen LogP contribution in [0, 0.1) is 0 Å². The number of nitrogens with one attached hydrogen (secondary N) is 1. The van der Waals surface area contributed by atoms with Crippen molar-refractivity contribution in [3.63, 3.8) is 0 Å². The van der Waals surface area contributed by atoms with Crippen LogP contribution in [-0.2, 0) is 16.1 Å². The summed E-state index contributed by atoms with van der Waals surface area (Å²) in [5.41, 5.74) is 0.603. The molecule has 1 aliphatic rings. The highest BCUT2D eigenvalue weighted by atomic mass is 16.5. The molecule has 1 aromatic heterocycles. The summed E-state index contributed by atoms with van der Waals surface area (Å²) < 4.78 is 10.6. The van der Waals surface area contributed by atoms with E-state index in [1.54, 1.807) is 24.3 Å². The molecule has 7 nitrogen and oxygen atoms in total. The molecule has 0 saturated carbocycles. The normalized spacial score (nSPS) is 19.0. The van der Waals surface area contributed by atoms with Crippen LogP contribution < -0.4 is 14.8 Å². The topological polar surface area (TPSA) is 80.8 Å². The number of hydrogen-bond donors (Lipinski definition) is 1. The molecule has 0 aromatic carbocycles. The first-order chi connectivity index (χ1) is 10.1. The molecule has 0 aliphatic carbocycles. The van der Waals surface area contributed by atoms with Crippen LogP contribution >= 0.6 is 0 Å². The van der Waals surface area contributed by atoms with Crippen LogP contribution in [0.5, 0.6) is 11.5 Å². The van der Waals surface area contributed by atoms with E-state index in [1.807, 2.05) is 6.92 Å². The molecule has 0 bridgehead atoms. The maximum Gasteiger partial charge on any atom is 0.242 e. The first-order valence-electron chi connectivity index (χ1n) is 6.68. The number of rotatable bonds is 4. The lowest BCUT2D eigenvalue weighted by molar-refractivity contribution is -0.132. The Morgan fingerprint density at radius 1 is 1.38 bits per heavy atom. The number of ether oxygens (including phenoxy) is 2. The van der Waals surface area contributed by atoms with Gasteiger partial charge in [-0.05, 0) is 6.92 Å². The number of carbonyl (C=O) groups excluding carboxylic acids is 2. The molecule has 2 heterocycles. The zero-order valence-electron chi connectivity index (χ0n) is 12.4. The first-order valence-corrected chi connectivity index (χ1v) is 6.68. The van der Waals surface area contributed by atoms with Crippen LogP contribution in [-0.4, -0.2) is 48.5 Å². The van der Waals surface area contributed by atoms with Gasteiger partial charge in [-0.25, -0.2) is 0 Å². The van der Waals surface area contributed by atoms with Crippen LogP contribution in [0.4, 0.5) is 0 Å². The summed E-state index contributed by atoms with van der Waals surface area (Å²) in [6.07, 6.45) is 1.88. The van der Waals surface area contributed by atoms with E-state index >= 15 is 0 Å². The van der Waals surface area contributed by atoms with E-state index in [0.717, 1.165) is 0 Å². The average Bonchev–Trinajstić information content (AvgIpc) is 2.59. The quantitative estimate of drug-likeness (QED) is 0.865. The number of hydrogen-bond acceptors (Lipinski definition) is 5. The second-order valence-corrected chi connectivity index (χ2v) is 4.84. The molecule has 21 heavy (non-hydrogen) atoms. The summed E-state index contributed by atoms with van der Waals surface area (Å²) in [4.78, 5) is 29.5. The van der Waals surface area contributed by atoms with Gasteiger partial charge in [0.25, 0.3) is 0 Å². The SMILES string of the molecule is COc1ccnc(CN2C(=O)CNC(=O)CC2C)c1OC. The van der Waals surface area contributed by atoms with Crippen molar-refractivity contribution < 1.29 is 19.1 Å². The van der Waals surface area contributed by atoms with E-state index in [0.29, 0.717) is 17.2 Å². The molecule has 1 unspecified atom stereocenters. The van der Waals surface area contributed by atoms with E-state index in [4.69, 9.17) is 9.47 Å². The van der Waals surface area contributed by atoms with Crippen molar-refractivity contribution in [2.24, 2.45) is 0 Å². The van der Waals surface area contributed by atoms with Gasteiger partial charge in [-0.15, -0.1) is 0 Å². The van der Waals surface area contributed by atoms with Crippen LogP contribution in [0.3, 0.4) is 0 Å². The zero-order valence-corrected chi connectivity index (χ0v) is 12.4. The van der Waals surface area contributed by atoms with E-state index in [2.05, 4.69) is 10.3 Å². The van der Waals surface area contributed by atoms with Gasteiger partial charge in [0.2, 0.25) is 11.8 Å². The number of methoxy groups -OCH3 is 2. The van der Waals surface area contributed by atoms with Crippen LogP contribution in [0.2, 0.25) is 0 Å². The first kappa shape index (κ1) is 15.1. The van der Waals surface area contributed by atoms with Crippen molar-refractivity contribution in [1.29, 1.82) is 0 Å². The highest BCUT2D eigenvalue weighted by molar-refractivity contribution is 5.87. The second kappa shape index (κ2) is 6.43. The van der Waals surface area contributed by atoms with Gasteiger partial charge in [0.1, 0.15) is 5.69 Å². The van der Waals surface area contributed by atoms with Gasteiger partial charge in [-0.3, -0.25) is 14.6 Å². The lowest BCUT2D eigenvalue weighted by Crippen LogP contribution is -2.39. The number of nitrogens with zero attached hydrogens (tertiary/aromatic N) is 2. The molecule has 2 amide bonds. The molecule has 1 aromatic rings. The summed E-state index contributed by atoms with van der Waals surface area (Å²) in [6.45, 7) is 2.13. The summed E-state index contributed by atoms with van der Waals surface area (Å²) in [6, 6.07) is 1.50. The van der Waals surface area contributed by atoms with Gasteiger partial charge in [0.15, 0.2) is 11.5 Å². The summed E-state index contributed by atoms with van der Waals surface area (Å²) >= 11 is 0. The lowest BCUT2D eigenvalue weighted by atomic mass is 10.2. The van der Waals surface area contributed by atoms with Crippen molar-refractivity contribution in [3.8, 4) is 11.5 Å². The molecule has 1 aliphatic heterocycles. The van der Waals surface area contributed by atoms with Crippen LogP contribution in [0.25, 0.3) is 0 Å². The largest absolute Gasteiger partial charge is 0.493 e. The summed E-state index contributed by atoms with van der Waals surface area (Å²) in [5, 5.41) is 2.59. The van der Waals surface area contributed by atoms with Gasteiger partial charge in [-0.2, -0.15) is 0 Å².